The third-order valence-electron chi connectivity index (χ3n) is 1.72. The second-order valence-corrected chi connectivity index (χ2v) is 6.14. The fourth-order valence-electron chi connectivity index (χ4n) is 1.09. The summed E-state index contributed by atoms with van der Waals surface area (Å²) in [6.45, 7) is 0.849. The van der Waals surface area contributed by atoms with Crippen LogP contribution in [0.4, 0.5) is 11.1 Å². The molecule has 0 unspecified atom stereocenters. The largest absolute Gasteiger partial charge is 0.367 e. The van der Waals surface area contributed by atoms with Crippen molar-refractivity contribution in [2.75, 3.05) is 17.6 Å². The lowest BCUT2D eigenvalue weighted by molar-refractivity contribution is 1.04. The van der Waals surface area contributed by atoms with Crippen molar-refractivity contribution in [3.05, 3.63) is 20.8 Å². The number of nitrogens with two attached hydrogens (primary N) is 1. The fraction of sp³-hybridized carbons (Fsp3) is 0.250. The number of nitrogens with one attached hydrogen (secondary N) is 1. The van der Waals surface area contributed by atoms with Gasteiger partial charge >= 0.3 is 0 Å². The van der Waals surface area contributed by atoms with Gasteiger partial charge in [0.15, 0.2) is 0 Å². The molecule has 2 heterocycles. The summed E-state index contributed by atoms with van der Waals surface area (Å²) in [7, 11) is 0. The van der Waals surface area contributed by atoms with Crippen LogP contribution in [0.3, 0.4) is 0 Å². The van der Waals surface area contributed by atoms with Gasteiger partial charge in [-0.3, -0.25) is 0 Å². The van der Waals surface area contributed by atoms with Gasteiger partial charge in [0, 0.05) is 23.0 Å². The standard InChI is InChI=1S/C8H9BrN4S2/c9-6-2-1-5(14-6)3-4-11-8-12-7(10)13-15-8/h1-2H,3-4H2,(H3,10,11,12,13). The Kier molecular flexibility index (Phi) is 3.55. The van der Waals surface area contributed by atoms with E-state index in [2.05, 4.69) is 42.7 Å². The number of nitrogen functional groups attached to an aromatic ring is 1. The van der Waals surface area contributed by atoms with Gasteiger partial charge in [-0.05, 0) is 34.5 Å². The van der Waals surface area contributed by atoms with E-state index in [-0.39, 0.29) is 0 Å². The van der Waals surface area contributed by atoms with Gasteiger partial charge in [-0.2, -0.15) is 9.36 Å². The van der Waals surface area contributed by atoms with Gasteiger partial charge in [-0.1, -0.05) is 0 Å². The average molecular weight is 305 g/mol. The first-order valence-corrected chi connectivity index (χ1v) is 6.69. The highest BCUT2D eigenvalue weighted by atomic mass is 79.9. The molecule has 0 saturated heterocycles. The number of aromatic nitrogens is 2. The summed E-state index contributed by atoms with van der Waals surface area (Å²) in [5.41, 5.74) is 5.41. The van der Waals surface area contributed by atoms with Gasteiger partial charge in [0.25, 0.3) is 0 Å². The Labute approximate surface area is 104 Å². The Morgan fingerprint density at radius 1 is 1.47 bits per heavy atom. The van der Waals surface area contributed by atoms with Crippen LogP contribution in [0, 0.1) is 0 Å². The van der Waals surface area contributed by atoms with E-state index in [0.717, 1.165) is 21.9 Å². The summed E-state index contributed by atoms with van der Waals surface area (Å²) in [5, 5.41) is 3.96. The van der Waals surface area contributed by atoms with Crippen LogP contribution in [0.2, 0.25) is 0 Å². The van der Waals surface area contributed by atoms with E-state index in [9.17, 15) is 0 Å². The highest BCUT2D eigenvalue weighted by Gasteiger charge is 2.00. The van der Waals surface area contributed by atoms with Crippen molar-refractivity contribution >= 4 is 49.9 Å². The molecule has 2 aromatic heterocycles. The van der Waals surface area contributed by atoms with Crippen LogP contribution in [0.1, 0.15) is 4.88 Å². The smallest absolute Gasteiger partial charge is 0.233 e. The number of nitrogens with zero attached hydrogens (tertiary/aromatic N) is 2. The van der Waals surface area contributed by atoms with Crippen LogP contribution < -0.4 is 11.1 Å². The number of thiophene rings is 1. The van der Waals surface area contributed by atoms with Gasteiger partial charge in [0.05, 0.1) is 3.79 Å². The number of anilines is 2. The molecule has 0 fully saturated rings. The molecule has 3 N–H and O–H groups in total. The third-order valence-corrected chi connectivity index (χ3v) is 4.09. The molecule has 0 aliphatic rings. The quantitative estimate of drug-likeness (QED) is 0.911. The molecule has 0 amide bonds. The molecule has 0 bridgehead atoms. The summed E-state index contributed by atoms with van der Waals surface area (Å²) in [4.78, 5) is 5.35. The van der Waals surface area contributed by atoms with Gasteiger partial charge in [0.2, 0.25) is 11.1 Å². The van der Waals surface area contributed by atoms with E-state index in [0.29, 0.717) is 5.95 Å². The topological polar surface area (TPSA) is 63.8 Å². The SMILES string of the molecule is Nc1nsc(NCCc2ccc(Br)s2)n1. The number of hydrogen-bond acceptors (Lipinski definition) is 6. The van der Waals surface area contributed by atoms with E-state index < -0.39 is 0 Å². The summed E-state index contributed by atoms with van der Waals surface area (Å²) < 4.78 is 5.05. The second kappa shape index (κ2) is 4.91. The van der Waals surface area contributed by atoms with Crippen LogP contribution in [0.15, 0.2) is 15.9 Å². The van der Waals surface area contributed by atoms with Crippen LogP contribution >= 0.6 is 38.8 Å². The first kappa shape index (κ1) is 10.8. The maximum absolute atomic E-state index is 5.41. The lowest BCUT2D eigenvalue weighted by Gasteiger charge is -1.98. The summed E-state index contributed by atoms with van der Waals surface area (Å²) in [6, 6.07) is 4.17. The Morgan fingerprint density at radius 3 is 2.93 bits per heavy atom. The average Bonchev–Trinajstić information content (AvgIpc) is 2.76. The number of halogens is 1. The molecule has 0 spiro atoms. The van der Waals surface area contributed by atoms with Crippen molar-refractivity contribution in [1.29, 1.82) is 0 Å². The normalized spacial score (nSPS) is 10.5. The second-order valence-electron chi connectivity index (χ2n) is 2.84. The third kappa shape index (κ3) is 3.15. The maximum Gasteiger partial charge on any atom is 0.233 e. The van der Waals surface area contributed by atoms with Crippen molar-refractivity contribution < 1.29 is 0 Å². The Hall–Kier alpha value is -0.660. The molecule has 4 nitrogen and oxygen atoms in total. The van der Waals surface area contributed by atoms with Crippen LogP contribution in [0.5, 0.6) is 0 Å². The highest BCUT2D eigenvalue weighted by Crippen LogP contribution is 2.22. The predicted molar refractivity (Wildman–Crippen MR) is 68.5 cm³/mol. The number of hydrogen-bond donors (Lipinski definition) is 2. The first-order valence-electron chi connectivity index (χ1n) is 4.31. The Balaban J connectivity index is 1.80. The van der Waals surface area contributed by atoms with Gasteiger partial charge < -0.3 is 11.1 Å². The minimum absolute atomic E-state index is 0.335. The maximum atomic E-state index is 5.41. The van der Waals surface area contributed by atoms with Crippen LogP contribution in [0.25, 0.3) is 0 Å². The van der Waals surface area contributed by atoms with Crippen LogP contribution in [-0.2, 0) is 6.42 Å². The molecule has 80 valence electrons. The zero-order chi connectivity index (χ0) is 10.7. The summed E-state index contributed by atoms with van der Waals surface area (Å²) in [5.74, 6) is 0.335. The Morgan fingerprint density at radius 2 is 2.33 bits per heavy atom. The molecular formula is C8H9BrN4S2. The van der Waals surface area contributed by atoms with Gasteiger partial charge in [0.1, 0.15) is 0 Å². The monoisotopic (exact) mass is 304 g/mol. The molecule has 15 heavy (non-hydrogen) atoms. The van der Waals surface area contributed by atoms with Gasteiger partial charge in [-0.25, -0.2) is 0 Å². The van der Waals surface area contributed by atoms with E-state index in [1.54, 1.807) is 11.3 Å². The zero-order valence-electron chi connectivity index (χ0n) is 7.74. The fourth-order valence-corrected chi connectivity index (χ4v) is 3.09. The molecule has 0 aliphatic heterocycles. The Bertz CT molecular complexity index is 399. The minimum Gasteiger partial charge on any atom is -0.367 e. The molecule has 7 heteroatoms. The molecule has 2 rings (SSSR count). The first-order chi connectivity index (χ1) is 7.24. The predicted octanol–water partition coefficient (Wildman–Crippen LogP) is 2.60. The molecule has 0 atom stereocenters. The molecule has 0 saturated carbocycles. The van der Waals surface area contributed by atoms with E-state index in [1.807, 2.05) is 0 Å². The van der Waals surface area contributed by atoms with Crippen molar-refractivity contribution in [3.63, 3.8) is 0 Å². The van der Waals surface area contributed by atoms with Crippen molar-refractivity contribution in [3.8, 4) is 0 Å². The summed E-state index contributed by atoms with van der Waals surface area (Å²) in [6.07, 6.45) is 0.982. The number of rotatable bonds is 4. The van der Waals surface area contributed by atoms with E-state index >= 15 is 0 Å². The zero-order valence-corrected chi connectivity index (χ0v) is 11.0. The minimum atomic E-state index is 0.335. The highest BCUT2D eigenvalue weighted by molar-refractivity contribution is 9.11. The molecule has 0 aliphatic carbocycles. The van der Waals surface area contributed by atoms with Crippen molar-refractivity contribution in [2.45, 2.75) is 6.42 Å². The van der Waals surface area contributed by atoms with Crippen molar-refractivity contribution in [1.82, 2.24) is 9.36 Å². The summed E-state index contributed by atoms with van der Waals surface area (Å²) >= 11 is 6.47. The molecular weight excluding hydrogens is 296 g/mol. The van der Waals surface area contributed by atoms with Crippen molar-refractivity contribution in [2.24, 2.45) is 0 Å². The molecule has 0 radical (unpaired) electrons. The van der Waals surface area contributed by atoms with E-state index in [4.69, 9.17) is 5.73 Å². The van der Waals surface area contributed by atoms with E-state index in [1.165, 1.54) is 16.4 Å². The lowest BCUT2D eigenvalue weighted by Crippen LogP contribution is -2.03. The lowest BCUT2D eigenvalue weighted by atomic mass is 10.3. The molecule has 0 aromatic carbocycles. The van der Waals surface area contributed by atoms with Gasteiger partial charge in [-0.15, -0.1) is 11.3 Å². The van der Waals surface area contributed by atoms with Crippen LogP contribution in [-0.4, -0.2) is 15.9 Å². The molecule has 2 aromatic rings.